The van der Waals surface area contributed by atoms with E-state index in [2.05, 4.69) is 11.1 Å². The molecule has 0 bridgehead atoms. The van der Waals surface area contributed by atoms with Gasteiger partial charge in [0.15, 0.2) is 5.78 Å². The number of nitriles is 1. The molecule has 2 rings (SSSR count). The Bertz CT molecular complexity index is 641. The van der Waals surface area contributed by atoms with Crippen molar-refractivity contribution in [1.29, 1.82) is 5.26 Å². The van der Waals surface area contributed by atoms with Gasteiger partial charge in [0, 0.05) is 19.7 Å². The first kappa shape index (κ1) is 12.8. The summed E-state index contributed by atoms with van der Waals surface area (Å²) >= 11 is 0. The van der Waals surface area contributed by atoms with Crippen LogP contribution in [0.3, 0.4) is 0 Å². The molecule has 4 nitrogen and oxygen atoms in total. The van der Waals surface area contributed by atoms with Gasteiger partial charge < -0.3 is 4.90 Å². The van der Waals surface area contributed by atoms with Gasteiger partial charge in [-0.05, 0) is 30.3 Å². The molecule has 1 aromatic heterocycles. The minimum Gasteiger partial charge on any atom is -0.343 e. The normalized spacial score (nSPS) is 9.74. The largest absolute Gasteiger partial charge is 0.343 e. The molecule has 0 unspecified atom stereocenters. The average molecular weight is 251 g/mol. The number of hydrogen-bond donors (Lipinski definition) is 0. The van der Waals surface area contributed by atoms with Gasteiger partial charge in [0.1, 0.15) is 5.69 Å². The number of rotatable bonds is 3. The second-order valence-corrected chi connectivity index (χ2v) is 4.18. The molecule has 0 saturated heterocycles. The van der Waals surface area contributed by atoms with Crippen LogP contribution in [0.2, 0.25) is 0 Å². The number of hydrogen-bond acceptors (Lipinski definition) is 4. The minimum absolute atomic E-state index is 0.0549. The molecule has 0 aliphatic carbocycles. The summed E-state index contributed by atoms with van der Waals surface area (Å²) in [4.78, 5) is 17.2. The lowest BCUT2D eigenvalue weighted by atomic mass is 10.2. The summed E-state index contributed by atoms with van der Waals surface area (Å²) in [5.41, 5.74) is 2.82. The molecule has 0 N–H and O–H groups in total. The van der Waals surface area contributed by atoms with Crippen LogP contribution in [0.4, 0.5) is 11.4 Å². The van der Waals surface area contributed by atoms with Crippen molar-refractivity contribution >= 4 is 17.2 Å². The lowest BCUT2D eigenvalue weighted by Crippen LogP contribution is -2.10. The van der Waals surface area contributed by atoms with Crippen molar-refractivity contribution in [3.63, 3.8) is 0 Å². The molecule has 0 aliphatic rings. The number of benzene rings is 1. The lowest BCUT2D eigenvalue weighted by molar-refractivity contribution is 0.101. The summed E-state index contributed by atoms with van der Waals surface area (Å²) in [6, 6.07) is 13.0. The molecular weight excluding hydrogens is 238 g/mol. The van der Waals surface area contributed by atoms with Crippen LogP contribution < -0.4 is 4.90 Å². The van der Waals surface area contributed by atoms with Gasteiger partial charge in [0.05, 0.1) is 23.5 Å². The number of carbonyl (C=O) groups is 1. The minimum atomic E-state index is -0.0549. The van der Waals surface area contributed by atoms with E-state index in [1.54, 1.807) is 24.4 Å². The van der Waals surface area contributed by atoms with E-state index in [1.807, 2.05) is 30.1 Å². The van der Waals surface area contributed by atoms with Crippen molar-refractivity contribution in [1.82, 2.24) is 4.98 Å². The number of aromatic nitrogens is 1. The van der Waals surface area contributed by atoms with Gasteiger partial charge in [-0.25, -0.2) is 0 Å². The van der Waals surface area contributed by atoms with Crippen LogP contribution in [0.5, 0.6) is 0 Å². The predicted octanol–water partition coefficient (Wildman–Crippen LogP) is 2.92. The maximum atomic E-state index is 11.2. The van der Waals surface area contributed by atoms with E-state index < -0.39 is 0 Å². The molecule has 0 fully saturated rings. The fraction of sp³-hybridized carbons (Fsp3) is 0.133. The topological polar surface area (TPSA) is 57.0 Å². The van der Waals surface area contributed by atoms with Gasteiger partial charge in [-0.2, -0.15) is 5.26 Å². The summed E-state index contributed by atoms with van der Waals surface area (Å²) in [6.45, 7) is 1.49. The van der Waals surface area contributed by atoms with Gasteiger partial charge in [-0.15, -0.1) is 0 Å². The van der Waals surface area contributed by atoms with Crippen molar-refractivity contribution in [2.24, 2.45) is 0 Å². The maximum absolute atomic E-state index is 11.2. The van der Waals surface area contributed by atoms with Crippen molar-refractivity contribution in [3.05, 3.63) is 53.9 Å². The molecule has 19 heavy (non-hydrogen) atoms. The molecule has 2 aromatic rings. The zero-order valence-electron chi connectivity index (χ0n) is 10.8. The standard InChI is InChI=1S/C15H13N3O/c1-11(19)15-7-6-14(10-17-15)18(2)13-5-3-4-12(8-13)9-16/h3-8,10H,1-2H3. The number of ketones is 1. The van der Waals surface area contributed by atoms with Crippen molar-refractivity contribution in [2.45, 2.75) is 6.92 Å². The molecular formula is C15H13N3O. The summed E-state index contributed by atoms with van der Waals surface area (Å²) < 4.78 is 0. The third kappa shape index (κ3) is 2.78. The van der Waals surface area contributed by atoms with Gasteiger partial charge in [0.2, 0.25) is 0 Å². The van der Waals surface area contributed by atoms with Crippen LogP contribution in [0.15, 0.2) is 42.6 Å². The highest BCUT2D eigenvalue weighted by Gasteiger charge is 2.06. The monoisotopic (exact) mass is 251 g/mol. The van der Waals surface area contributed by atoms with E-state index in [9.17, 15) is 4.79 Å². The van der Waals surface area contributed by atoms with E-state index in [4.69, 9.17) is 5.26 Å². The van der Waals surface area contributed by atoms with E-state index >= 15 is 0 Å². The van der Waals surface area contributed by atoms with Crippen LogP contribution in [0.25, 0.3) is 0 Å². The Labute approximate surface area is 111 Å². The summed E-state index contributed by atoms with van der Waals surface area (Å²) in [7, 11) is 1.89. The van der Waals surface area contributed by atoms with Crippen molar-refractivity contribution in [3.8, 4) is 6.07 Å². The Morgan fingerprint density at radius 3 is 2.63 bits per heavy atom. The zero-order chi connectivity index (χ0) is 13.8. The van der Waals surface area contributed by atoms with E-state index in [1.165, 1.54) is 6.92 Å². The molecule has 4 heteroatoms. The number of carbonyl (C=O) groups excluding carboxylic acids is 1. The van der Waals surface area contributed by atoms with Gasteiger partial charge in [0.25, 0.3) is 0 Å². The van der Waals surface area contributed by atoms with Crippen LogP contribution >= 0.6 is 0 Å². The number of anilines is 2. The van der Waals surface area contributed by atoms with Crippen molar-refractivity contribution < 1.29 is 4.79 Å². The Hall–Kier alpha value is -2.67. The molecule has 1 aromatic carbocycles. The highest BCUT2D eigenvalue weighted by Crippen LogP contribution is 2.23. The fourth-order valence-electron chi connectivity index (χ4n) is 1.73. The highest BCUT2D eigenvalue weighted by atomic mass is 16.1. The Balaban J connectivity index is 2.30. The summed E-state index contributed by atoms with van der Waals surface area (Å²) in [6.07, 6.45) is 1.65. The smallest absolute Gasteiger partial charge is 0.178 e. The van der Waals surface area contributed by atoms with Crippen LogP contribution in [0, 0.1) is 11.3 Å². The van der Waals surface area contributed by atoms with Crippen LogP contribution in [0.1, 0.15) is 23.0 Å². The highest BCUT2D eigenvalue weighted by molar-refractivity contribution is 5.92. The SMILES string of the molecule is CC(=O)c1ccc(N(C)c2cccc(C#N)c2)cn1. The molecule has 0 radical (unpaired) electrons. The van der Waals surface area contributed by atoms with Crippen molar-refractivity contribution in [2.75, 3.05) is 11.9 Å². The molecule has 1 heterocycles. The Morgan fingerprint density at radius 2 is 2.05 bits per heavy atom. The van der Waals surface area contributed by atoms with Crippen LogP contribution in [-0.4, -0.2) is 17.8 Å². The lowest BCUT2D eigenvalue weighted by Gasteiger charge is -2.19. The molecule has 0 aliphatic heterocycles. The Kier molecular flexibility index (Phi) is 3.58. The molecule has 0 amide bonds. The van der Waals surface area contributed by atoms with E-state index in [0.717, 1.165) is 11.4 Å². The van der Waals surface area contributed by atoms with E-state index in [0.29, 0.717) is 11.3 Å². The maximum Gasteiger partial charge on any atom is 0.178 e. The number of Topliss-reactive ketones (excluding diaryl/α,β-unsaturated/α-hetero) is 1. The van der Waals surface area contributed by atoms with Crippen LogP contribution in [-0.2, 0) is 0 Å². The van der Waals surface area contributed by atoms with Gasteiger partial charge in [-0.1, -0.05) is 6.07 Å². The fourth-order valence-corrected chi connectivity index (χ4v) is 1.73. The summed E-state index contributed by atoms with van der Waals surface area (Å²) in [5.74, 6) is -0.0549. The molecule has 94 valence electrons. The average Bonchev–Trinajstić information content (AvgIpc) is 2.46. The third-order valence-electron chi connectivity index (χ3n) is 2.86. The van der Waals surface area contributed by atoms with Gasteiger partial charge in [-0.3, -0.25) is 9.78 Å². The third-order valence-corrected chi connectivity index (χ3v) is 2.86. The molecule has 0 saturated carbocycles. The first-order valence-corrected chi connectivity index (χ1v) is 5.82. The second-order valence-electron chi connectivity index (χ2n) is 4.18. The molecule has 0 spiro atoms. The van der Waals surface area contributed by atoms with E-state index in [-0.39, 0.29) is 5.78 Å². The quantitative estimate of drug-likeness (QED) is 0.787. The van der Waals surface area contributed by atoms with Gasteiger partial charge >= 0.3 is 0 Å². The first-order chi connectivity index (χ1) is 9.11. The number of pyridine rings is 1. The zero-order valence-corrected chi connectivity index (χ0v) is 10.8. The second kappa shape index (κ2) is 5.32. The summed E-state index contributed by atoms with van der Waals surface area (Å²) in [5, 5.41) is 8.89. The predicted molar refractivity (Wildman–Crippen MR) is 73.5 cm³/mol. The number of nitrogens with zero attached hydrogens (tertiary/aromatic N) is 3. The molecule has 0 atom stereocenters. The first-order valence-electron chi connectivity index (χ1n) is 5.82. The Morgan fingerprint density at radius 1 is 1.26 bits per heavy atom.